The Hall–Kier alpha value is -2.85. The molecule has 0 saturated carbocycles. The fourth-order valence-electron chi connectivity index (χ4n) is 3.59. The predicted octanol–water partition coefficient (Wildman–Crippen LogP) is 3.91. The molecule has 0 saturated heterocycles. The van der Waals surface area contributed by atoms with E-state index in [-0.39, 0.29) is 18.0 Å². The number of carbonyl (C=O) groups excluding carboxylic acids is 1. The first kappa shape index (κ1) is 16.6. The topological polar surface area (TPSA) is 37.3 Å². The van der Waals surface area contributed by atoms with Crippen molar-refractivity contribution in [3.63, 3.8) is 0 Å². The molecule has 4 nitrogen and oxygen atoms in total. The van der Waals surface area contributed by atoms with E-state index >= 15 is 0 Å². The Bertz CT molecular complexity index is 914. The van der Waals surface area contributed by atoms with E-state index in [9.17, 15) is 4.79 Å². The Morgan fingerprint density at radius 1 is 0.962 bits per heavy atom. The second-order valence-electron chi connectivity index (χ2n) is 6.90. The molecule has 132 valence electrons. The zero-order chi connectivity index (χ0) is 18.1. The van der Waals surface area contributed by atoms with Gasteiger partial charge in [-0.15, -0.1) is 0 Å². The second kappa shape index (κ2) is 6.81. The number of hydrogen-bond acceptors (Lipinski definition) is 2. The first-order valence-electron chi connectivity index (χ1n) is 9.04. The third-order valence-corrected chi connectivity index (χ3v) is 4.76. The van der Waals surface area contributed by atoms with Crippen LogP contribution in [0.4, 0.5) is 5.69 Å². The third-order valence-electron chi connectivity index (χ3n) is 4.76. The van der Waals surface area contributed by atoms with Gasteiger partial charge in [-0.2, -0.15) is 0 Å². The summed E-state index contributed by atoms with van der Waals surface area (Å²) in [4.78, 5) is 15.2. The maximum Gasteiger partial charge on any atom is 0.241 e. The van der Waals surface area contributed by atoms with Crippen LogP contribution in [0.15, 0.2) is 72.9 Å². The lowest BCUT2D eigenvalue weighted by Gasteiger charge is -2.38. The molecule has 1 N–H and O–H groups in total. The van der Waals surface area contributed by atoms with Gasteiger partial charge in [-0.3, -0.25) is 9.69 Å². The Morgan fingerprint density at radius 3 is 2.38 bits per heavy atom. The van der Waals surface area contributed by atoms with Gasteiger partial charge in [-0.25, -0.2) is 0 Å². The Kier molecular flexibility index (Phi) is 4.35. The standard InChI is InChI=1S/C22H23N3O/c1-16(2)23-15-21(26)25-19-12-7-6-11-18(19)24-14-8-13-20(24)22(25)17-9-4-3-5-10-17/h3-14,16,22-23H,15H2,1-2H3. The van der Waals surface area contributed by atoms with Crippen LogP contribution in [0.25, 0.3) is 5.69 Å². The molecule has 1 unspecified atom stereocenters. The quantitative estimate of drug-likeness (QED) is 0.778. The Morgan fingerprint density at radius 2 is 1.65 bits per heavy atom. The summed E-state index contributed by atoms with van der Waals surface area (Å²) in [5.41, 5.74) is 4.20. The van der Waals surface area contributed by atoms with Gasteiger partial charge in [-0.1, -0.05) is 56.3 Å². The molecule has 26 heavy (non-hydrogen) atoms. The van der Waals surface area contributed by atoms with Crippen LogP contribution in [0, 0.1) is 0 Å². The number of aromatic nitrogens is 1. The van der Waals surface area contributed by atoms with Gasteiger partial charge in [0.2, 0.25) is 5.91 Å². The number of anilines is 1. The molecule has 2 aromatic carbocycles. The zero-order valence-electron chi connectivity index (χ0n) is 15.1. The largest absolute Gasteiger partial charge is 0.316 e. The minimum absolute atomic E-state index is 0.0763. The van der Waals surface area contributed by atoms with Gasteiger partial charge in [0.15, 0.2) is 0 Å². The van der Waals surface area contributed by atoms with Crippen LogP contribution in [-0.4, -0.2) is 23.1 Å². The van der Waals surface area contributed by atoms with Crippen molar-refractivity contribution in [2.75, 3.05) is 11.4 Å². The van der Waals surface area contributed by atoms with E-state index in [0.29, 0.717) is 6.54 Å². The van der Waals surface area contributed by atoms with E-state index in [1.54, 1.807) is 0 Å². The number of hydrogen-bond donors (Lipinski definition) is 1. The highest BCUT2D eigenvalue weighted by Gasteiger charge is 2.35. The van der Waals surface area contributed by atoms with Gasteiger partial charge in [0.05, 0.1) is 23.6 Å². The molecule has 1 atom stereocenters. The smallest absolute Gasteiger partial charge is 0.241 e. The predicted molar refractivity (Wildman–Crippen MR) is 105 cm³/mol. The molecule has 3 aromatic rings. The summed E-state index contributed by atoms with van der Waals surface area (Å²) >= 11 is 0. The van der Waals surface area contributed by atoms with Crippen molar-refractivity contribution >= 4 is 11.6 Å². The molecule has 0 bridgehead atoms. The minimum Gasteiger partial charge on any atom is -0.316 e. The van der Waals surface area contributed by atoms with Crippen molar-refractivity contribution in [3.05, 3.63) is 84.2 Å². The highest BCUT2D eigenvalue weighted by molar-refractivity contribution is 5.99. The fraction of sp³-hybridized carbons (Fsp3) is 0.227. The molecule has 1 aromatic heterocycles. The molecule has 1 aliphatic heterocycles. The maximum atomic E-state index is 13.2. The number of para-hydroxylation sites is 2. The SMILES string of the molecule is CC(C)NCC(=O)N1c2ccccc2-n2cccc2C1c1ccccc1. The number of fused-ring (bicyclic) bond motifs is 3. The van der Waals surface area contributed by atoms with Gasteiger partial charge >= 0.3 is 0 Å². The number of nitrogens with one attached hydrogen (secondary N) is 1. The van der Waals surface area contributed by atoms with Gasteiger partial charge in [0.1, 0.15) is 6.04 Å². The average molecular weight is 345 g/mol. The van der Waals surface area contributed by atoms with Crippen molar-refractivity contribution in [1.82, 2.24) is 9.88 Å². The number of nitrogens with zero attached hydrogens (tertiary/aromatic N) is 2. The van der Waals surface area contributed by atoms with Crippen LogP contribution in [0.3, 0.4) is 0 Å². The van der Waals surface area contributed by atoms with Crippen LogP contribution >= 0.6 is 0 Å². The monoisotopic (exact) mass is 345 g/mol. The molecule has 0 radical (unpaired) electrons. The lowest BCUT2D eigenvalue weighted by atomic mass is 9.98. The molecule has 4 heteroatoms. The molecule has 1 aliphatic rings. The lowest BCUT2D eigenvalue weighted by molar-refractivity contribution is -0.118. The molecule has 4 rings (SSSR count). The van der Waals surface area contributed by atoms with E-state index in [4.69, 9.17) is 0 Å². The van der Waals surface area contributed by atoms with Crippen molar-refractivity contribution < 1.29 is 4.79 Å². The molecular formula is C22H23N3O. The van der Waals surface area contributed by atoms with Crippen molar-refractivity contribution in [1.29, 1.82) is 0 Å². The average Bonchev–Trinajstić information content (AvgIpc) is 3.15. The van der Waals surface area contributed by atoms with Crippen molar-refractivity contribution in [2.45, 2.75) is 25.9 Å². The van der Waals surface area contributed by atoms with Gasteiger partial charge in [-0.05, 0) is 29.8 Å². The van der Waals surface area contributed by atoms with Crippen LogP contribution in [0.1, 0.15) is 31.1 Å². The molecule has 1 amide bonds. The molecule has 0 spiro atoms. The molecular weight excluding hydrogens is 322 g/mol. The summed E-state index contributed by atoms with van der Waals surface area (Å²) in [5, 5.41) is 3.27. The summed E-state index contributed by atoms with van der Waals surface area (Å²) in [5.74, 6) is 0.0763. The van der Waals surface area contributed by atoms with E-state index in [2.05, 4.69) is 54.2 Å². The third kappa shape index (κ3) is 2.82. The zero-order valence-corrected chi connectivity index (χ0v) is 15.1. The highest BCUT2D eigenvalue weighted by atomic mass is 16.2. The summed E-state index contributed by atoms with van der Waals surface area (Å²) in [6.07, 6.45) is 2.07. The number of amides is 1. The summed E-state index contributed by atoms with van der Waals surface area (Å²) in [6.45, 7) is 4.42. The summed E-state index contributed by atoms with van der Waals surface area (Å²) in [6, 6.07) is 22.6. The lowest BCUT2D eigenvalue weighted by Crippen LogP contribution is -2.45. The van der Waals surface area contributed by atoms with Crippen molar-refractivity contribution in [3.8, 4) is 5.69 Å². The van der Waals surface area contributed by atoms with Crippen LogP contribution in [0.5, 0.6) is 0 Å². The first-order valence-corrected chi connectivity index (χ1v) is 9.04. The van der Waals surface area contributed by atoms with Crippen LogP contribution < -0.4 is 10.2 Å². The van der Waals surface area contributed by atoms with Crippen LogP contribution in [0.2, 0.25) is 0 Å². The minimum atomic E-state index is -0.137. The number of rotatable bonds is 4. The normalized spacial score (nSPS) is 15.7. The van der Waals surface area contributed by atoms with Gasteiger partial charge in [0, 0.05) is 12.2 Å². The van der Waals surface area contributed by atoms with Gasteiger partial charge in [0.25, 0.3) is 0 Å². The second-order valence-corrected chi connectivity index (χ2v) is 6.90. The molecule has 2 heterocycles. The number of carbonyl (C=O) groups is 1. The van der Waals surface area contributed by atoms with Crippen molar-refractivity contribution in [2.24, 2.45) is 0 Å². The Labute approximate surface area is 154 Å². The first-order chi connectivity index (χ1) is 12.7. The molecule has 0 aliphatic carbocycles. The van der Waals surface area contributed by atoms with E-state index < -0.39 is 0 Å². The van der Waals surface area contributed by atoms with E-state index in [1.807, 2.05) is 47.4 Å². The number of benzene rings is 2. The summed E-state index contributed by atoms with van der Waals surface area (Å²) in [7, 11) is 0. The maximum absolute atomic E-state index is 13.2. The van der Waals surface area contributed by atoms with Crippen LogP contribution in [-0.2, 0) is 4.79 Å². The van der Waals surface area contributed by atoms with E-state index in [1.165, 1.54) is 0 Å². The van der Waals surface area contributed by atoms with Gasteiger partial charge < -0.3 is 9.88 Å². The fourth-order valence-corrected chi connectivity index (χ4v) is 3.59. The Balaban J connectivity index is 1.86. The van der Waals surface area contributed by atoms with E-state index in [0.717, 1.165) is 22.6 Å². The summed E-state index contributed by atoms with van der Waals surface area (Å²) < 4.78 is 2.19. The highest BCUT2D eigenvalue weighted by Crippen LogP contribution is 2.41. The molecule has 0 fully saturated rings.